The van der Waals surface area contributed by atoms with Crippen molar-refractivity contribution in [2.75, 3.05) is 12.4 Å². The van der Waals surface area contributed by atoms with Crippen LogP contribution in [0, 0.1) is 0 Å². The number of aromatic nitrogens is 1. The van der Waals surface area contributed by atoms with Crippen LogP contribution in [0.3, 0.4) is 0 Å². The molecule has 0 spiro atoms. The van der Waals surface area contributed by atoms with Crippen LogP contribution in [0.25, 0.3) is 11.3 Å². The fraction of sp³-hybridized carbons (Fsp3) is 0.240. The van der Waals surface area contributed by atoms with Crippen molar-refractivity contribution in [2.24, 2.45) is 0 Å². The third-order valence-electron chi connectivity index (χ3n) is 5.81. The fourth-order valence-corrected chi connectivity index (χ4v) is 3.81. The summed E-state index contributed by atoms with van der Waals surface area (Å²) in [6.45, 7) is 2.66. The average molecular weight is 431 g/mol. The minimum Gasteiger partial charge on any atom is -0.332 e. The van der Waals surface area contributed by atoms with Crippen molar-refractivity contribution in [2.45, 2.75) is 32.6 Å². The number of nitrogens with zero attached hydrogens (tertiary/aromatic N) is 2. The molecule has 32 heavy (non-hydrogen) atoms. The molecule has 0 saturated carbocycles. The van der Waals surface area contributed by atoms with Crippen molar-refractivity contribution in [3.05, 3.63) is 88.2 Å². The third-order valence-corrected chi connectivity index (χ3v) is 5.81. The number of benzene rings is 2. The first-order valence-electron chi connectivity index (χ1n) is 10.6. The molecule has 2 N–H and O–H groups in total. The highest BCUT2D eigenvalue weighted by Gasteiger charge is 2.24. The number of hydrogen-bond acceptors (Lipinski definition) is 4. The Morgan fingerprint density at radius 3 is 2.19 bits per heavy atom. The van der Waals surface area contributed by atoms with Gasteiger partial charge in [0.25, 0.3) is 5.56 Å². The van der Waals surface area contributed by atoms with E-state index in [0.717, 1.165) is 16.7 Å². The highest BCUT2D eigenvalue weighted by molar-refractivity contribution is 5.94. The Bertz CT molecular complexity index is 1180. The van der Waals surface area contributed by atoms with Gasteiger partial charge in [0.15, 0.2) is 0 Å². The normalized spacial score (nSPS) is 13.5. The minimum absolute atomic E-state index is 0.109. The lowest BCUT2D eigenvalue weighted by molar-refractivity contribution is -0.132. The lowest BCUT2D eigenvalue weighted by Crippen LogP contribution is -2.39. The standard InChI is InChI=1S/C25H26N4O3/c1-17(26-2)24(31)27-21-12-13-22(18-8-4-3-5-9-18)29(25(21)32)16-23(30)28-14-19-10-6-7-11-20(19)15-28/h3-13,17,26H,14-16H2,1-2H3,(H,27,31). The lowest BCUT2D eigenvalue weighted by atomic mass is 10.1. The maximum absolute atomic E-state index is 13.3. The number of carbonyl (C=O) groups is 2. The van der Waals surface area contributed by atoms with E-state index in [0.29, 0.717) is 18.8 Å². The summed E-state index contributed by atoms with van der Waals surface area (Å²) in [7, 11) is 1.67. The van der Waals surface area contributed by atoms with Gasteiger partial charge in [0.2, 0.25) is 11.8 Å². The lowest BCUT2D eigenvalue weighted by Gasteiger charge is -2.20. The van der Waals surface area contributed by atoms with Gasteiger partial charge in [-0.3, -0.25) is 19.0 Å². The number of pyridine rings is 1. The van der Waals surface area contributed by atoms with Crippen LogP contribution in [0.4, 0.5) is 5.69 Å². The second-order valence-electron chi connectivity index (χ2n) is 7.91. The highest BCUT2D eigenvalue weighted by atomic mass is 16.2. The molecule has 1 aliphatic heterocycles. The summed E-state index contributed by atoms with van der Waals surface area (Å²) >= 11 is 0. The van der Waals surface area contributed by atoms with Gasteiger partial charge in [0, 0.05) is 13.1 Å². The number of carbonyl (C=O) groups excluding carboxylic acids is 2. The third kappa shape index (κ3) is 4.33. The maximum Gasteiger partial charge on any atom is 0.275 e. The highest BCUT2D eigenvalue weighted by Crippen LogP contribution is 2.24. The maximum atomic E-state index is 13.3. The van der Waals surface area contributed by atoms with Gasteiger partial charge in [-0.25, -0.2) is 0 Å². The van der Waals surface area contributed by atoms with Crippen molar-refractivity contribution < 1.29 is 9.59 Å². The number of fused-ring (bicyclic) bond motifs is 1. The molecule has 3 aromatic rings. The summed E-state index contributed by atoms with van der Waals surface area (Å²) in [5.41, 5.74) is 3.43. The Morgan fingerprint density at radius 2 is 1.56 bits per heavy atom. The first-order chi connectivity index (χ1) is 15.5. The van der Waals surface area contributed by atoms with Gasteiger partial charge < -0.3 is 15.5 Å². The second kappa shape index (κ2) is 9.20. The van der Waals surface area contributed by atoms with Crippen molar-refractivity contribution in [3.8, 4) is 11.3 Å². The quantitative estimate of drug-likeness (QED) is 0.630. The molecule has 1 unspecified atom stereocenters. The molecule has 4 rings (SSSR count). The van der Waals surface area contributed by atoms with Crippen molar-refractivity contribution in [3.63, 3.8) is 0 Å². The van der Waals surface area contributed by atoms with Crippen LogP contribution < -0.4 is 16.2 Å². The number of nitrogens with one attached hydrogen (secondary N) is 2. The topological polar surface area (TPSA) is 83.4 Å². The van der Waals surface area contributed by atoms with Crippen LogP contribution in [-0.2, 0) is 29.2 Å². The molecule has 0 fully saturated rings. The molecule has 1 aromatic heterocycles. The van der Waals surface area contributed by atoms with Gasteiger partial charge in [-0.15, -0.1) is 0 Å². The zero-order valence-electron chi connectivity index (χ0n) is 18.2. The molecular formula is C25H26N4O3. The smallest absolute Gasteiger partial charge is 0.275 e. The van der Waals surface area contributed by atoms with Crippen LogP contribution in [0.2, 0.25) is 0 Å². The summed E-state index contributed by atoms with van der Waals surface area (Å²) in [4.78, 5) is 40.6. The largest absolute Gasteiger partial charge is 0.332 e. The van der Waals surface area contributed by atoms with Gasteiger partial charge in [-0.2, -0.15) is 0 Å². The number of amides is 2. The van der Waals surface area contributed by atoms with Crippen LogP contribution in [0.1, 0.15) is 18.1 Å². The monoisotopic (exact) mass is 430 g/mol. The van der Waals surface area contributed by atoms with Crippen LogP contribution in [-0.4, -0.2) is 34.4 Å². The molecule has 7 heteroatoms. The van der Waals surface area contributed by atoms with Crippen LogP contribution >= 0.6 is 0 Å². The zero-order chi connectivity index (χ0) is 22.7. The molecule has 7 nitrogen and oxygen atoms in total. The van der Waals surface area contributed by atoms with Crippen LogP contribution in [0.5, 0.6) is 0 Å². The van der Waals surface area contributed by atoms with E-state index < -0.39 is 11.6 Å². The Hall–Kier alpha value is -3.71. The van der Waals surface area contributed by atoms with Gasteiger partial charge in [0.1, 0.15) is 12.2 Å². The molecule has 164 valence electrons. The summed E-state index contributed by atoms with van der Waals surface area (Å²) in [5, 5.41) is 5.53. The van der Waals surface area contributed by atoms with Gasteiger partial charge in [-0.05, 0) is 42.8 Å². The first kappa shape index (κ1) is 21.5. The van der Waals surface area contributed by atoms with Crippen molar-refractivity contribution in [1.29, 1.82) is 0 Å². The van der Waals surface area contributed by atoms with E-state index >= 15 is 0 Å². The summed E-state index contributed by atoms with van der Waals surface area (Å²) in [6.07, 6.45) is 0. The minimum atomic E-state index is -0.457. The van der Waals surface area contributed by atoms with E-state index in [4.69, 9.17) is 0 Å². The first-order valence-corrected chi connectivity index (χ1v) is 10.6. The predicted molar refractivity (Wildman–Crippen MR) is 124 cm³/mol. The molecule has 1 aliphatic rings. The summed E-state index contributed by atoms with van der Waals surface area (Å²) < 4.78 is 1.44. The number of likely N-dealkylation sites (N-methyl/N-ethyl adjacent to an activating group) is 1. The van der Waals surface area contributed by atoms with E-state index in [9.17, 15) is 14.4 Å². The Labute approximate surface area is 186 Å². The second-order valence-corrected chi connectivity index (χ2v) is 7.91. The van der Waals surface area contributed by atoms with Crippen molar-refractivity contribution in [1.82, 2.24) is 14.8 Å². The van der Waals surface area contributed by atoms with Crippen LogP contribution in [0.15, 0.2) is 71.5 Å². The number of anilines is 1. The van der Waals surface area contributed by atoms with Gasteiger partial charge in [0.05, 0.1) is 11.7 Å². The average Bonchev–Trinajstić information content (AvgIpc) is 3.26. The number of hydrogen-bond donors (Lipinski definition) is 2. The molecule has 0 bridgehead atoms. The molecule has 2 heterocycles. The Morgan fingerprint density at radius 1 is 0.938 bits per heavy atom. The summed E-state index contributed by atoms with van der Waals surface area (Å²) in [6, 6.07) is 20.3. The molecule has 2 aromatic carbocycles. The van der Waals surface area contributed by atoms with E-state index in [1.807, 2.05) is 54.6 Å². The van der Waals surface area contributed by atoms with E-state index in [2.05, 4.69) is 10.6 Å². The Kier molecular flexibility index (Phi) is 6.18. The molecular weight excluding hydrogens is 404 g/mol. The Balaban J connectivity index is 1.66. The van der Waals surface area contributed by atoms with E-state index in [-0.39, 0.29) is 24.0 Å². The van der Waals surface area contributed by atoms with Gasteiger partial charge >= 0.3 is 0 Å². The molecule has 0 aliphatic carbocycles. The zero-order valence-corrected chi connectivity index (χ0v) is 18.2. The molecule has 0 radical (unpaired) electrons. The summed E-state index contributed by atoms with van der Waals surface area (Å²) in [5.74, 6) is -0.461. The predicted octanol–water partition coefficient (Wildman–Crippen LogP) is 2.60. The molecule has 2 amide bonds. The number of rotatable bonds is 6. The molecule has 1 atom stereocenters. The van der Waals surface area contributed by atoms with Crippen molar-refractivity contribution >= 4 is 17.5 Å². The van der Waals surface area contributed by atoms with Gasteiger partial charge in [-0.1, -0.05) is 54.6 Å². The van der Waals surface area contributed by atoms with E-state index in [1.54, 1.807) is 31.0 Å². The fourth-order valence-electron chi connectivity index (χ4n) is 3.81. The molecule has 0 saturated heterocycles. The SMILES string of the molecule is CNC(C)C(=O)Nc1ccc(-c2ccccc2)n(CC(=O)N2Cc3ccccc3C2)c1=O. The van der Waals surface area contributed by atoms with E-state index in [1.165, 1.54) is 4.57 Å².